The third-order valence-electron chi connectivity index (χ3n) is 5.13. The lowest BCUT2D eigenvalue weighted by Gasteiger charge is -2.30. The van der Waals surface area contributed by atoms with Crippen molar-refractivity contribution in [3.8, 4) is 5.75 Å². The fraction of sp³-hybridized carbons (Fsp3) is 0.318. The van der Waals surface area contributed by atoms with E-state index < -0.39 is 24.1 Å². The number of likely N-dealkylation sites (tertiary alicyclic amines) is 1. The molecule has 2 amide bonds. The minimum Gasteiger partial charge on any atom is -0.497 e. The minimum absolute atomic E-state index is 0.126. The van der Waals surface area contributed by atoms with Crippen LogP contribution in [0.15, 0.2) is 54.6 Å². The first-order valence-electron chi connectivity index (χ1n) is 9.63. The number of rotatable bonds is 7. The number of benzene rings is 2. The highest BCUT2D eigenvalue weighted by molar-refractivity contribution is 5.92. The standard InChI is InChI=1S/C22H25N3O5/c1-14(26)23-18-12-19(22(28)29)25(21(18)15-6-4-3-5-7-15)13-20(27)24-16-8-10-17(30-2)11-9-16/h3-11,18-19,21H,12-13H2,1-2H3,(H,23,26)(H,24,27)(H,28,29)/t18-,19-,21-/m0/s1. The molecule has 0 saturated carbocycles. The summed E-state index contributed by atoms with van der Waals surface area (Å²) in [5.74, 6) is -0.938. The van der Waals surface area contributed by atoms with Crippen LogP contribution in [0.5, 0.6) is 5.75 Å². The average Bonchev–Trinajstić information content (AvgIpc) is 3.06. The Bertz CT molecular complexity index is 901. The Kier molecular flexibility index (Phi) is 6.68. The predicted octanol–water partition coefficient (Wildman–Crippen LogP) is 2.04. The minimum atomic E-state index is -1.03. The van der Waals surface area contributed by atoms with Crippen molar-refractivity contribution < 1.29 is 24.2 Å². The SMILES string of the molecule is COc1ccc(NC(=O)CN2[C@H](C(=O)O)C[C@H](NC(C)=O)[C@@H]2c2ccccc2)cc1. The Hall–Kier alpha value is -3.39. The van der Waals surface area contributed by atoms with E-state index in [0.29, 0.717) is 11.4 Å². The van der Waals surface area contributed by atoms with E-state index in [1.165, 1.54) is 6.92 Å². The third-order valence-corrected chi connectivity index (χ3v) is 5.13. The lowest BCUT2D eigenvalue weighted by Crippen LogP contribution is -2.44. The summed E-state index contributed by atoms with van der Waals surface area (Å²) in [6.45, 7) is 1.27. The molecular weight excluding hydrogens is 386 g/mol. The summed E-state index contributed by atoms with van der Waals surface area (Å²) < 4.78 is 5.11. The summed E-state index contributed by atoms with van der Waals surface area (Å²) in [6.07, 6.45) is 0.213. The molecule has 1 aliphatic rings. The molecule has 1 heterocycles. The first-order chi connectivity index (χ1) is 14.4. The number of hydrogen-bond acceptors (Lipinski definition) is 5. The zero-order valence-electron chi connectivity index (χ0n) is 16.9. The smallest absolute Gasteiger partial charge is 0.321 e. The molecule has 1 fully saturated rings. The fourth-order valence-corrected chi connectivity index (χ4v) is 3.89. The number of nitrogens with one attached hydrogen (secondary N) is 2. The summed E-state index contributed by atoms with van der Waals surface area (Å²) in [5.41, 5.74) is 1.43. The van der Waals surface area contributed by atoms with Crippen molar-refractivity contribution in [1.82, 2.24) is 10.2 Å². The number of carboxylic acids is 1. The van der Waals surface area contributed by atoms with Gasteiger partial charge in [-0.05, 0) is 36.2 Å². The van der Waals surface area contributed by atoms with Gasteiger partial charge in [0.2, 0.25) is 11.8 Å². The lowest BCUT2D eigenvalue weighted by molar-refractivity contribution is -0.143. The van der Waals surface area contributed by atoms with E-state index in [4.69, 9.17) is 4.74 Å². The first kappa shape index (κ1) is 21.3. The summed E-state index contributed by atoms with van der Waals surface area (Å²) >= 11 is 0. The molecule has 8 nitrogen and oxygen atoms in total. The number of nitrogens with zero attached hydrogens (tertiary/aromatic N) is 1. The van der Waals surface area contributed by atoms with E-state index >= 15 is 0 Å². The Morgan fingerprint density at radius 3 is 2.33 bits per heavy atom. The fourth-order valence-electron chi connectivity index (χ4n) is 3.89. The number of anilines is 1. The van der Waals surface area contributed by atoms with E-state index in [1.54, 1.807) is 36.3 Å². The summed E-state index contributed by atoms with van der Waals surface area (Å²) in [6, 6.07) is 14.4. The lowest BCUT2D eigenvalue weighted by atomic mass is 9.99. The Morgan fingerprint density at radius 1 is 1.10 bits per heavy atom. The Balaban J connectivity index is 1.83. The molecule has 30 heavy (non-hydrogen) atoms. The van der Waals surface area contributed by atoms with Crippen LogP contribution in [0.4, 0.5) is 5.69 Å². The molecule has 8 heteroatoms. The highest BCUT2D eigenvalue weighted by atomic mass is 16.5. The molecule has 0 radical (unpaired) electrons. The van der Waals surface area contributed by atoms with Gasteiger partial charge in [0.15, 0.2) is 0 Å². The van der Waals surface area contributed by atoms with E-state index in [9.17, 15) is 19.5 Å². The molecule has 1 aliphatic heterocycles. The number of carbonyl (C=O) groups excluding carboxylic acids is 2. The van der Waals surface area contributed by atoms with Crippen molar-refractivity contribution in [2.24, 2.45) is 0 Å². The zero-order valence-corrected chi connectivity index (χ0v) is 16.9. The van der Waals surface area contributed by atoms with Gasteiger partial charge in [0.05, 0.1) is 25.7 Å². The van der Waals surface area contributed by atoms with Crippen LogP contribution >= 0.6 is 0 Å². The summed E-state index contributed by atoms with van der Waals surface area (Å²) in [5, 5.41) is 15.4. The van der Waals surface area contributed by atoms with E-state index in [2.05, 4.69) is 10.6 Å². The largest absolute Gasteiger partial charge is 0.497 e. The maximum atomic E-state index is 12.7. The van der Waals surface area contributed by atoms with Crippen LogP contribution in [0.2, 0.25) is 0 Å². The monoisotopic (exact) mass is 411 g/mol. The number of aliphatic carboxylic acids is 1. The number of ether oxygens (including phenoxy) is 1. The van der Waals surface area contributed by atoms with Gasteiger partial charge in [-0.3, -0.25) is 19.3 Å². The topological polar surface area (TPSA) is 108 Å². The van der Waals surface area contributed by atoms with Crippen molar-refractivity contribution in [1.29, 1.82) is 0 Å². The van der Waals surface area contributed by atoms with E-state index in [0.717, 1.165) is 5.56 Å². The number of carboxylic acid groups (broad SMARTS) is 1. The van der Waals surface area contributed by atoms with Gasteiger partial charge in [-0.2, -0.15) is 0 Å². The van der Waals surface area contributed by atoms with Crippen LogP contribution in [0, 0.1) is 0 Å². The highest BCUT2D eigenvalue weighted by Crippen LogP contribution is 2.36. The molecule has 0 aliphatic carbocycles. The molecule has 3 atom stereocenters. The predicted molar refractivity (Wildman–Crippen MR) is 111 cm³/mol. The summed E-state index contributed by atoms with van der Waals surface area (Å²) in [4.78, 5) is 38.0. The van der Waals surface area contributed by atoms with Gasteiger partial charge in [0.1, 0.15) is 11.8 Å². The van der Waals surface area contributed by atoms with Gasteiger partial charge in [-0.1, -0.05) is 30.3 Å². The Labute approximate surface area is 174 Å². The van der Waals surface area contributed by atoms with Gasteiger partial charge in [0.25, 0.3) is 0 Å². The molecule has 3 rings (SSSR count). The molecule has 0 unspecified atom stereocenters. The molecule has 2 aromatic rings. The third kappa shape index (κ3) is 4.96. The molecule has 1 saturated heterocycles. The van der Waals surface area contributed by atoms with Gasteiger partial charge in [0, 0.05) is 12.6 Å². The molecule has 3 N–H and O–H groups in total. The van der Waals surface area contributed by atoms with Crippen LogP contribution in [-0.4, -0.2) is 53.5 Å². The molecular formula is C22H25N3O5. The Morgan fingerprint density at radius 2 is 1.77 bits per heavy atom. The van der Waals surface area contributed by atoms with Gasteiger partial charge in [-0.25, -0.2) is 0 Å². The van der Waals surface area contributed by atoms with Gasteiger partial charge < -0.3 is 20.5 Å². The number of hydrogen-bond donors (Lipinski definition) is 3. The normalized spacial score (nSPS) is 21.1. The van der Waals surface area contributed by atoms with Crippen molar-refractivity contribution in [3.63, 3.8) is 0 Å². The van der Waals surface area contributed by atoms with Crippen LogP contribution < -0.4 is 15.4 Å². The number of amides is 2. The van der Waals surface area contributed by atoms with Crippen molar-refractivity contribution in [2.75, 3.05) is 19.0 Å². The van der Waals surface area contributed by atoms with E-state index in [1.807, 2.05) is 30.3 Å². The highest BCUT2D eigenvalue weighted by Gasteiger charge is 2.46. The van der Waals surface area contributed by atoms with Crippen LogP contribution in [0.25, 0.3) is 0 Å². The maximum Gasteiger partial charge on any atom is 0.321 e. The number of methoxy groups -OCH3 is 1. The van der Waals surface area contributed by atoms with Gasteiger partial charge in [-0.15, -0.1) is 0 Å². The molecule has 0 aromatic heterocycles. The zero-order chi connectivity index (χ0) is 21.7. The van der Waals surface area contributed by atoms with Crippen molar-refractivity contribution >= 4 is 23.5 Å². The molecule has 158 valence electrons. The second-order valence-electron chi connectivity index (χ2n) is 7.20. The molecule has 0 bridgehead atoms. The average molecular weight is 411 g/mol. The van der Waals surface area contributed by atoms with Gasteiger partial charge >= 0.3 is 5.97 Å². The van der Waals surface area contributed by atoms with Crippen molar-refractivity contribution in [3.05, 3.63) is 60.2 Å². The van der Waals surface area contributed by atoms with Crippen LogP contribution in [-0.2, 0) is 14.4 Å². The first-order valence-corrected chi connectivity index (χ1v) is 9.63. The summed E-state index contributed by atoms with van der Waals surface area (Å²) in [7, 11) is 1.56. The number of carbonyl (C=O) groups is 3. The van der Waals surface area contributed by atoms with Crippen molar-refractivity contribution in [2.45, 2.75) is 31.5 Å². The quantitative estimate of drug-likeness (QED) is 0.644. The maximum absolute atomic E-state index is 12.7. The molecule has 2 aromatic carbocycles. The van der Waals surface area contributed by atoms with Crippen LogP contribution in [0.3, 0.4) is 0 Å². The second kappa shape index (κ2) is 9.41. The second-order valence-corrected chi connectivity index (χ2v) is 7.20. The molecule has 0 spiro atoms. The van der Waals surface area contributed by atoms with E-state index in [-0.39, 0.29) is 24.8 Å². The van der Waals surface area contributed by atoms with Crippen LogP contribution in [0.1, 0.15) is 24.9 Å².